The van der Waals surface area contributed by atoms with Gasteiger partial charge < -0.3 is 29.0 Å². The molecule has 0 atom stereocenters. The molecule has 2 aromatic heterocycles. The van der Waals surface area contributed by atoms with E-state index >= 15 is 0 Å². The van der Waals surface area contributed by atoms with Crippen LogP contribution < -0.4 is 24.6 Å². The molecule has 5 rings (SSSR count). The van der Waals surface area contributed by atoms with Gasteiger partial charge in [-0.2, -0.15) is 5.06 Å². The van der Waals surface area contributed by atoms with E-state index in [0.717, 1.165) is 22.2 Å². The second kappa shape index (κ2) is 11.8. The van der Waals surface area contributed by atoms with Gasteiger partial charge in [-0.1, -0.05) is 35.5 Å². The Kier molecular flexibility index (Phi) is 7.88. The second-order valence-electron chi connectivity index (χ2n) is 8.87. The molecule has 2 heterocycles. The Morgan fingerprint density at radius 2 is 1.70 bits per heavy atom. The molecule has 2 amide bonds. The fraction of sp³-hybridized carbons (Fsp3) is 0.200. The van der Waals surface area contributed by atoms with E-state index < -0.39 is 0 Å². The maximum absolute atomic E-state index is 13.0. The molecule has 0 spiro atoms. The van der Waals surface area contributed by atoms with Gasteiger partial charge in [-0.25, -0.2) is 4.79 Å². The van der Waals surface area contributed by atoms with Crippen molar-refractivity contribution in [1.82, 2.24) is 15.5 Å². The summed E-state index contributed by atoms with van der Waals surface area (Å²) in [5.74, 6) is 1.96. The molecule has 3 aromatic carbocycles. The summed E-state index contributed by atoms with van der Waals surface area (Å²) in [5.41, 5.74) is 4.82. The zero-order valence-corrected chi connectivity index (χ0v) is 22.7. The first-order valence-electron chi connectivity index (χ1n) is 12.6. The SMILES string of the molecule is COc1cc(-c2oncc2-c2cccc(N(OC)C(=O)NCCc3cc4ccccc4[nH]3)c2)cc(OC)c1OC. The highest BCUT2D eigenvalue weighted by Crippen LogP contribution is 2.43. The van der Waals surface area contributed by atoms with Crippen LogP contribution in [0.2, 0.25) is 0 Å². The van der Waals surface area contributed by atoms with Gasteiger partial charge in [0.25, 0.3) is 0 Å². The third-order valence-corrected chi connectivity index (χ3v) is 6.51. The summed E-state index contributed by atoms with van der Waals surface area (Å²) in [5, 5.41) is 9.30. The van der Waals surface area contributed by atoms with Crippen molar-refractivity contribution in [3.05, 3.63) is 78.6 Å². The van der Waals surface area contributed by atoms with E-state index in [9.17, 15) is 4.79 Å². The number of rotatable bonds is 10. The summed E-state index contributed by atoms with van der Waals surface area (Å²) >= 11 is 0. The number of H-pyrrole nitrogens is 1. The largest absolute Gasteiger partial charge is 0.493 e. The molecule has 5 aromatic rings. The van der Waals surface area contributed by atoms with Crippen LogP contribution in [-0.4, -0.2) is 51.2 Å². The van der Waals surface area contributed by atoms with Crippen molar-refractivity contribution in [2.75, 3.05) is 40.0 Å². The predicted octanol–water partition coefficient (Wildman–Crippen LogP) is 5.84. The molecule has 0 fully saturated rings. The fourth-order valence-electron chi connectivity index (χ4n) is 4.61. The van der Waals surface area contributed by atoms with Crippen molar-refractivity contribution in [3.63, 3.8) is 0 Å². The third kappa shape index (κ3) is 5.29. The third-order valence-electron chi connectivity index (χ3n) is 6.51. The summed E-state index contributed by atoms with van der Waals surface area (Å²) in [6, 6.07) is 20.7. The molecule has 0 aliphatic carbocycles. The summed E-state index contributed by atoms with van der Waals surface area (Å²) in [7, 11) is 6.10. The highest BCUT2D eigenvalue weighted by Gasteiger charge is 2.21. The van der Waals surface area contributed by atoms with E-state index in [1.807, 2.05) is 36.4 Å². The monoisotopic (exact) mass is 542 g/mol. The van der Waals surface area contributed by atoms with Gasteiger partial charge in [-0.3, -0.25) is 4.84 Å². The van der Waals surface area contributed by atoms with Gasteiger partial charge in [0.1, 0.15) is 0 Å². The lowest BCUT2D eigenvalue weighted by atomic mass is 10.0. The number of nitrogens with zero attached hydrogens (tertiary/aromatic N) is 2. The molecule has 206 valence electrons. The molecular formula is C30H30N4O6. The Labute approximate surface area is 231 Å². The van der Waals surface area contributed by atoms with Crippen LogP contribution in [0.15, 0.2) is 77.4 Å². The van der Waals surface area contributed by atoms with E-state index in [0.29, 0.717) is 52.8 Å². The number of urea groups is 1. The maximum atomic E-state index is 13.0. The molecule has 0 unspecified atom stereocenters. The number of carbonyl (C=O) groups is 1. The van der Waals surface area contributed by atoms with Crippen molar-refractivity contribution in [1.29, 1.82) is 0 Å². The number of amides is 2. The zero-order valence-electron chi connectivity index (χ0n) is 22.7. The number of aromatic nitrogens is 2. The van der Waals surface area contributed by atoms with Gasteiger partial charge in [-0.05, 0) is 47.3 Å². The Bertz CT molecular complexity index is 1570. The Hall–Kier alpha value is -4.96. The summed E-state index contributed by atoms with van der Waals surface area (Å²) < 4.78 is 22.1. The van der Waals surface area contributed by atoms with Crippen LogP contribution >= 0.6 is 0 Å². The minimum absolute atomic E-state index is 0.383. The van der Waals surface area contributed by atoms with Gasteiger partial charge in [0.2, 0.25) is 5.75 Å². The topological polar surface area (TPSA) is 111 Å². The second-order valence-corrected chi connectivity index (χ2v) is 8.87. The van der Waals surface area contributed by atoms with Crippen molar-refractivity contribution >= 4 is 22.6 Å². The van der Waals surface area contributed by atoms with Crippen molar-refractivity contribution < 1.29 is 28.4 Å². The number of fused-ring (bicyclic) bond motifs is 1. The van der Waals surface area contributed by atoms with Crippen LogP contribution in [-0.2, 0) is 11.3 Å². The minimum Gasteiger partial charge on any atom is -0.493 e. The van der Waals surface area contributed by atoms with Crippen LogP contribution in [0.1, 0.15) is 5.69 Å². The van der Waals surface area contributed by atoms with E-state index in [1.165, 1.54) is 12.2 Å². The van der Waals surface area contributed by atoms with Crippen LogP contribution in [0.4, 0.5) is 10.5 Å². The smallest absolute Gasteiger partial charge is 0.346 e. The van der Waals surface area contributed by atoms with Crippen molar-refractivity contribution in [2.45, 2.75) is 6.42 Å². The number of anilines is 1. The van der Waals surface area contributed by atoms with Gasteiger partial charge in [0.15, 0.2) is 17.3 Å². The van der Waals surface area contributed by atoms with Crippen molar-refractivity contribution in [3.8, 4) is 39.7 Å². The summed E-state index contributed by atoms with van der Waals surface area (Å²) in [6.07, 6.45) is 2.27. The fourth-order valence-corrected chi connectivity index (χ4v) is 4.61. The van der Waals surface area contributed by atoms with Gasteiger partial charge in [-0.15, -0.1) is 0 Å². The summed E-state index contributed by atoms with van der Waals surface area (Å²) in [4.78, 5) is 21.9. The Morgan fingerprint density at radius 3 is 2.40 bits per heavy atom. The zero-order chi connectivity index (χ0) is 28.1. The van der Waals surface area contributed by atoms with Gasteiger partial charge >= 0.3 is 6.03 Å². The van der Waals surface area contributed by atoms with E-state index in [4.69, 9.17) is 23.6 Å². The Morgan fingerprint density at radius 1 is 0.925 bits per heavy atom. The average Bonchev–Trinajstić information content (AvgIpc) is 3.64. The Balaban J connectivity index is 1.35. The lowest BCUT2D eigenvalue weighted by Gasteiger charge is -2.20. The average molecular weight is 543 g/mol. The first-order valence-corrected chi connectivity index (χ1v) is 12.6. The van der Waals surface area contributed by atoms with Crippen LogP contribution in [0.3, 0.4) is 0 Å². The van der Waals surface area contributed by atoms with E-state index in [1.54, 1.807) is 45.7 Å². The molecular weight excluding hydrogens is 512 g/mol. The quantitative estimate of drug-likeness (QED) is 0.213. The first-order chi connectivity index (χ1) is 19.6. The number of hydrogen-bond donors (Lipinski definition) is 2. The molecule has 0 bridgehead atoms. The number of methoxy groups -OCH3 is 3. The number of ether oxygens (including phenoxy) is 3. The number of nitrogens with one attached hydrogen (secondary N) is 2. The molecule has 40 heavy (non-hydrogen) atoms. The molecule has 0 saturated heterocycles. The van der Waals surface area contributed by atoms with Crippen LogP contribution in [0.25, 0.3) is 33.4 Å². The highest BCUT2D eigenvalue weighted by atomic mass is 16.7. The number of hydroxylamine groups is 1. The van der Waals surface area contributed by atoms with E-state index in [-0.39, 0.29) is 6.03 Å². The van der Waals surface area contributed by atoms with Gasteiger partial charge in [0.05, 0.1) is 40.3 Å². The van der Waals surface area contributed by atoms with Crippen LogP contribution in [0.5, 0.6) is 17.2 Å². The molecule has 0 radical (unpaired) electrons. The minimum atomic E-state index is -0.383. The molecule has 0 aliphatic heterocycles. The molecule has 2 N–H and O–H groups in total. The van der Waals surface area contributed by atoms with E-state index in [2.05, 4.69) is 27.6 Å². The molecule has 10 nitrogen and oxygen atoms in total. The number of hydrogen-bond acceptors (Lipinski definition) is 7. The highest BCUT2D eigenvalue weighted by molar-refractivity contribution is 5.91. The number of benzene rings is 3. The summed E-state index contributed by atoms with van der Waals surface area (Å²) in [6.45, 7) is 0.433. The molecule has 0 saturated carbocycles. The first kappa shape index (κ1) is 26.6. The standard InChI is InChI=1S/C30H30N4O6/c1-36-26-16-21(17-27(37-2)29(26)38-3)28-24(18-32-40-28)19-9-7-10-23(15-19)34(39-4)30(35)31-13-12-22-14-20-8-5-6-11-25(20)33-22/h5-11,14-18,33H,12-13H2,1-4H3,(H,31,35). The van der Waals surface area contributed by atoms with Gasteiger partial charge in [0, 0.05) is 35.3 Å². The lowest BCUT2D eigenvalue weighted by molar-refractivity contribution is 0.163. The molecule has 0 aliphatic rings. The van der Waals surface area contributed by atoms with Crippen LogP contribution in [0, 0.1) is 0 Å². The number of aromatic amines is 1. The number of carbonyl (C=O) groups excluding carboxylic acids is 1. The maximum Gasteiger partial charge on any atom is 0.346 e. The lowest BCUT2D eigenvalue weighted by Crippen LogP contribution is -2.40. The number of para-hydroxylation sites is 1. The molecule has 10 heteroatoms. The normalized spacial score (nSPS) is 10.9. The van der Waals surface area contributed by atoms with Crippen molar-refractivity contribution in [2.24, 2.45) is 0 Å². The predicted molar refractivity (Wildman–Crippen MR) is 152 cm³/mol.